The number of carbonyl (C=O) groups is 1. The number of benzene rings is 1. The minimum atomic E-state index is -0.419. The Morgan fingerprint density at radius 2 is 2.38 bits per heavy atom. The van der Waals surface area contributed by atoms with Gasteiger partial charge < -0.3 is 15.2 Å². The number of nitrogens with one attached hydrogen (secondary N) is 1. The summed E-state index contributed by atoms with van der Waals surface area (Å²) in [6, 6.07) is 4.68. The van der Waals surface area contributed by atoms with E-state index in [0.717, 1.165) is 0 Å². The van der Waals surface area contributed by atoms with Crippen LogP contribution in [0.15, 0.2) is 30.4 Å². The van der Waals surface area contributed by atoms with Gasteiger partial charge in [-0.3, -0.25) is 0 Å². The SMILES string of the molecule is COC(=O)/C=C\CNc1cc(Cl)ccc1O. The maximum absolute atomic E-state index is 10.7. The largest absolute Gasteiger partial charge is 0.506 e. The van der Waals surface area contributed by atoms with Crippen LogP contribution in [-0.4, -0.2) is 24.7 Å². The van der Waals surface area contributed by atoms with E-state index >= 15 is 0 Å². The molecule has 0 amide bonds. The van der Waals surface area contributed by atoms with Gasteiger partial charge in [0.05, 0.1) is 12.8 Å². The van der Waals surface area contributed by atoms with Crippen LogP contribution in [0.2, 0.25) is 5.02 Å². The molecule has 0 atom stereocenters. The third-order valence-electron chi connectivity index (χ3n) is 1.82. The molecule has 0 heterocycles. The molecule has 5 heteroatoms. The molecule has 0 bridgehead atoms. The number of anilines is 1. The predicted molar refractivity (Wildman–Crippen MR) is 62.8 cm³/mol. The molecule has 0 aliphatic rings. The first-order valence-corrected chi connectivity index (χ1v) is 4.98. The van der Waals surface area contributed by atoms with Gasteiger partial charge in [-0.05, 0) is 18.2 Å². The summed E-state index contributed by atoms with van der Waals surface area (Å²) in [4.78, 5) is 10.7. The summed E-state index contributed by atoms with van der Waals surface area (Å²) in [5.74, 6) is -0.312. The van der Waals surface area contributed by atoms with Gasteiger partial charge in [-0.1, -0.05) is 17.7 Å². The van der Waals surface area contributed by atoms with Crippen molar-refractivity contribution in [3.8, 4) is 5.75 Å². The second-order valence-corrected chi connectivity index (χ2v) is 3.40. The van der Waals surface area contributed by atoms with E-state index in [1.54, 1.807) is 18.2 Å². The Morgan fingerprint density at radius 1 is 1.62 bits per heavy atom. The first-order chi connectivity index (χ1) is 7.63. The molecule has 0 aliphatic carbocycles. The number of esters is 1. The Morgan fingerprint density at radius 3 is 3.06 bits per heavy atom. The topological polar surface area (TPSA) is 58.6 Å². The number of carbonyl (C=O) groups excluding carboxylic acids is 1. The molecule has 0 saturated carbocycles. The lowest BCUT2D eigenvalue weighted by molar-refractivity contribution is -0.134. The minimum Gasteiger partial charge on any atom is -0.506 e. The molecule has 0 unspecified atom stereocenters. The number of ether oxygens (including phenoxy) is 1. The predicted octanol–water partition coefficient (Wildman–Crippen LogP) is 2.19. The van der Waals surface area contributed by atoms with E-state index in [1.165, 1.54) is 19.3 Å². The molecule has 4 nitrogen and oxygen atoms in total. The van der Waals surface area contributed by atoms with Crippen molar-refractivity contribution in [2.75, 3.05) is 19.0 Å². The van der Waals surface area contributed by atoms with Gasteiger partial charge in [-0.25, -0.2) is 4.79 Å². The molecule has 16 heavy (non-hydrogen) atoms. The number of methoxy groups -OCH3 is 1. The summed E-state index contributed by atoms with van der Waals surface area (Å²) in [6.45, 7) is 0.392. The van der Waals surface area contributed by atoms with Crippen LogP contribution in [0.3, 0.4) is 0 Å². The normalized spacial score (nSPS) is 10.4. The molecular weight excluding hydrogens is 230 g/mol. The molecule has 1 aromatic rings. The lowest BCUT2D eigenvalue weighted by Crippen LogP contribution is -2.00. The fraction of sp³-hybridized carbons (Fsp3) is 0.182. The fourth-order valence-corrected chi connectivity index (χ4v) is 1.21. The number of rotatable bonds is 4. The second kappa shape index (κ2) is 6.02. The molecule has 0 spiro atoms. The zero-order valence-electron chi connectivity index (χ0n) is 8.74. The van der Waals surface area contributed by atoms with E-state index in [0.29, 0.717) is 17.3 Å². The Hall–Kier alpha value is -1.68. The summed E-state index contributed by atoms with van der Waals surface area (Å²) in [7, 11) is 1.31. The third kappa shape index (κ3) is 3.82. The summed E-state index contributed by atoms with van der Waals surface area (Å²) in [6.07, 6.45) is 2.89. The highest BCUT2D eigenvalue weighted by Crippen LogP contribution is 2.26. The molecule has 0 aromatic heterocycles. The van der Waals surface area contributed by atoms with Gasteiger partial charge in [0.15, 0.2) is 0 Å². The quantitative estimate of drug-likeness (QED) is 0.482. The monoisotopic (exact) mass is 241 g/mol. The summed E-state index contributed by atoms with van der Waals surface area (Å²) in [5.41, 5.74) is 0.516. The van der Waals surface area contributed by atoms with Crippen molar-refractivity contribution in [2.45, 2.75) is 0 Å². The summed E-state index contributed by atoms with van der Waals surface area (Å²) >= 11 is 5.76. The maximum atomic E-state index is 10.7. The van der Waals surface area contributed by atoms with Crippen molar-refractivity contribution in [3.05, 3.63) is 35.4 Å². The van der Waals surface area contributed by atoms with E-state index in [2.05, 4.69) is 10.1 Å². The number of phenolic OH excluding ortho intramolecular Hbond substituents is 1. The lowest BCUT2D eigenvalue weighted by atomic mass is 10.3. The molecule has 86 valence electrons. The zero-order chi connectivity index (χ0) is 12.0. The molecular formula is C11H12ClNO3. The van der Waals surface area contributed by atoms with Gasteiger partial charge in [0.25, 0.3) is 0 Å². The second-order valence-electron chi connectivity index (χ2n) is 2.97. The standard InChI is InChI=1S/C11H12ClNO3/c1-16-11(15)3-2-6-13-9-7-8(12)4-5-10(9)14/h2-5,7,13-14H,6H2,1H3/b3-2-. The zero-order valence-corrected chi connectivity index (χ0v) is 9.49. The number of halogens is 1. The first kappa shape index (κ1) is 12.4. The lowest BCUT2D eigenvalue weighted by Gasteiger charge is -2.05. The van der Waals surface area contributed by atoms with Crippen molar-refractivity contribution in [1.29, 1.82) is 0 Å². The highest BCUT2D eigenvalue weighted by atomic mass is 35.5. The molecule has 2 N–H and O–H groups in total. The van der Waals surface area contributed by atoms with Crippen LogP contribution in [0.1, 0.15) is 0 Å². The smallest absolute Gasteiger partial charge is 0.330 e. The van der Waals surface area contributed by atoms with E-state index in [4.69, 9.17) is 11.6 Å². The van der Waals surface area contributed by atoms with Crippen LogP contribution in [0.5, 0.6) is 5.75 Å². The Labute approximate surface area is 98.5 Å². The van der Waals surface area contributed by atoms with Gasteiger partial charge in [-0.15, -0.1) is 0 Å². The van der Waals surface area contributed by atoms with Crippen LogP contribution in [-0.2, 0) is 9.53 Å². The Bertz CT molecular complexity index is 404. The average molecular weight is 242 g/mol. The molecule has 0 aliphatic heterocycles. The van der Waals surface area contributed by atoms with E-state index in [-0.39, 0.29) is 5.75 Å². The van der Waals surface area contributed by atoms with Crippen molar-refractivity contribution in [2.24, 2.45) is 0 Å². The van der Waals surface area contributed by atoms with Crippen molar-refractivity contribution in [3.63, 3.8) is 0 Å². The van der Waals surface area contributed by atoms with Crippen LogP contribution >= 0.6 is 11.6 Å². The van der Waals surface area contributed by atoms with Crippen LogP contribution in [0.4, 0.5) is 5.69 Å². The summed E-state index contributed by atoms with van der Waals surface area (Å²) < 4.78 is 4.42. The molecule has 0 fully saturated rings. The van der Waals surface area contributed by atoms with E-state index in [1.807, 2.05) is 0 Å². The van der Waals surface area contributed by atoms with Crippen LogP contribution in [0, 0.1) is 0 Å². The molecule has 0 radical (unpaired) electrons. The van der Waals surface area contributed by atoms with Gasteiger partial charge in [0.1, 0.15) is 5.75 Å². The summed E-state index contributed by atoms with van der Waals surface area (Å²) in [5, 5.41) is 12.9. The number of hydrogen-bond donors (Lipinski definition) is 2. The molecule has 1 aromatic carbocycles. The number of hydrogen-bond acceptors (Lipinski definition) is 4. The van der Waals surface area contributed by atoms with Gasteiger partial charge in [-0.2, -0.15) is 0 Å². The van der Waals surface area contributed by atoms with Crippen molar-refractivity contribution < 1.29 is 14.6 Å². The highest BCUT2D eigenvalue weighted by molar-refractivity contribution is 6.30. The Kier molecular flexibility index (Phi) is 4.66. The first-order valence-electron chi connectivity index (χ1n) is 4.60. The van der Waals surface area contributed by atoms with Gasteiger partial charge >= 0.3 is 5.97 Å². The number of phenols is 1. The van der Waals surface area contributed by atoms with Crippen molar-refractivity contribution in [1.82, 2.24) is 0 Å². The minimum absolute atomic E-state index is 0.107. The van der Waals surface area contributed by atoms with Crippen LogP contribution < -0.4 is 5.32 Å². The highest BCUT2D eigenvalue weighted by Gasteiger charge is 1.99. The van der Waals surface area contributed by atoms with E-state index in [9.17, 15) is 9.90 Å². The van der Waals surface area contributed by atoms with Crippen molar-refractivity contribution >= 4 is 23.3 Å². The molecule has 1 rings (SSSR count). The van der Waals surface area contributed by atoms with Crippen LogP contribution in [0.25, 0.3) is 0 Å². The third-order valence-corrected chi connectivity index (χ3v) is 2.06. The van der Waals surface area contributed by atoms with E-state index < -0.39 is 5.97 Å². The van der Waals surface area contributed by atoms with Gasteiger partial charge in [0.2, 0.25) is 0 Å². The Balaban J connectivity index is 2.51. The van der Waals surface area contributed by atoms with Gasteiger partial charge in [0, 0.05) is 17.6 Å². The maximum Gasteiger partial charge on any atom is 0.330 e. The fourth-order valence-electron chi connectivity index (χ4n) is 1.04. The molecule has 0 saturated heterocycles. The average Bonchev–Trinajstić information content (AvgIpc) is 2.28. The number of aromatic hydroxyl groups is 1.